The molecule has 36 heavy (non-hydrogen) atoms. The molecule has 6 rings (SSSR count). The summed E-state index contributed by atoms with van der Waals surface area (Å²) >= 11 is 0. The van der Waals surface area contributed by atoms with E-state index >= 15 is 0 Å². The van der Waals surface area contributed by atoms with Crippen molar-refractivity contribution in [2.24, 2.45) is 5.41 Å². The standard InChI is InChI=1S/C25H23F2N7O2/c1-24(2)13-6-7-25(24,19-10-28-9-17(29-19)22-30-23(34-33-22)18(36)11-35)21-12(13)8-16(31-32-21)20-14(26)4-3-5-15(20)27/h3-5,8-10,13,18,35-36H,6-7,11H2,1-2H3,(H,30,33,34)/t13-,18-,25-/m0/s1. The molecular weight excluding hydrogens is 468 g/mol. The lowest BCUT2D eigenvalue weighted by Crippen LogP contribution is -2.38. The van der Waals surface area contributed by atoms with E-state index in [1.54, 1.807) is 12.3 Å². The van der Waals surface area contributed by atoms with E-state index in [4.69, 9.17) is 4.98 Å². The summed E-state index contributed by atoms with van der Waals surface area (Å²) in [5.74, 6) is -0.902. The summed E-state index contributed by atoms with van der Waals surface area (Å²) in [6.45, 7) is 3.80. The number of aromatic amines is 1. The monoisotopic (exact) mass is 491 g/mol. The molecule has 2 bridgehead atoms. The van der Waals surface area contributed by atoms with Crippen molar-refractivity contribution in [3.63, 3.8) is 0 Å². The SMILES string of the molecule is CC1(C)[C@H]2CC[C@]1(c1cncc(-c3n[nH]c([C@@H](O)CO)n3)n1)c1nnc(-c3c(F)cccc3F)cc12. The van der Waals surface area contributed by atoms with Crippen molar-refractivity contribution in [3.8, 4) is 22.8 Å². The number of hydrogen-bond acceptors (Lipinski definition) is 8. The molecule has 2 aliphatic carbocycles. The third kappa shape index (κ3) is 2.99. The first-order valence-corrected chi connectivity index (χ1v) is 11.6. The minimum absolute atomic E-state index is 0.0943. The lowest BCUT2D eigenvalue weighted by atomic mass is 9.66. The van der Waals surface area contributed by atoms with Crippen LogP contribution in [0.4, 0.5) is 8.78 Å². The van der Waals surface area contributed by atoms with E-state index in [0.717, 1.165) is 24.1 Å². The van der Waals surface area contributed by atoms with Crippen LogP contribution >= 0.6 is 0 Å². The smallest absolute Gasteiger partial charge is 0.201 e. The second kappa shape index (κ2) is 7.90. The molecule has 3 N–H and O–H groups in total. The van der Waals surface area contributed by atoms with Crippen LogP contribution in [0.15, 0.2) is 36.7 Å². The molecule has 1 saturated carbocycles. The van der Waals surface area contributed by atoms with Crippen LogP contribution in [0.1, 0.15) is 61.5 Å². The van der Waals surface area contributed by atoms with Gasteiger partial charge >= 0.3 is 0 Å². The summed E-state index contributed by atoms with van der Waals surface area (Å²) in [4.78, 5) is 13.5. The number of rotatable bonds is 5. The molecule has 0 aliphatic heterocycles. The van der Waals surface area contributed by atoms with E-state index in [9.17, 15) is 19.0 Å². The van der Waals surface area contributed by atoms with Crippen LogP contribution in [0.25, 0.3) is 22.8 Å². The number of benzene rings is 1. The van der Waals surface area contributed by atoms with Gasteiger partial charge in [-0.1, -0.05) is 19.9 Å². The first-order valence-electron chi connectivity index (χ1n) is 11.6. The number of fused-ring (bicyclic) bond motifs is 5. The molecule has 0 saturated heterocycles. The van der Waals surface area contributed by atoms with E-state index in [1.165, 1.54) is 24.4 Å². The number of nitrogens with one attached hydrogen (secondary N) is 1. The minimum atomic E-state index is -1.18. The van der Waals surface area contributed by atoms with Crippen LogP contribution in [0.5, 0.6) is 0 Å². The Morgan fingerprint density at radius 3 is 2.64 bits per heavy atom. The highest BCUT2D eigenvalue weighted by atomic mass is 19.1. The van der Waals surface area contributed by atoms with Crippen LogP contribution in [-0.2, 0) is 5.41 Å². The number of aliphatic hydroxyl groups excluding tert-OH is 2. The molecule has 0 amide bonds. The molecule has 0 spiro atoms. The van der Waals surface area contributed by atoms with Gasteiger partial charge in [-0.2, -0.15) is 10.2 Å². The largest absolute Gasteiger partial charge is 0.393 e. The number of aliphatic hydroxyl groups is 2. The first-order chi connectivity index (χ1) is 17.3. The van der Waals surface area contributed by atoms with Gasteiger partial charge < -0.3 is 10.2 Å². The minimum Gasteiger partial charge on any atom is -0.393 e. The Hall–Kier alpha value is -3.70. The van der Waals surface area contributed by atoms with E-state index in [0.29, 0.717) is 11.4 Å². The summed E-state index contributed by atoms with van der Waals surface area (Å²) in [5.41, 5.74) is 1.78. The Morgan fingerprint density at radius 1 is 1.11 bits per heavy atom. The zero-order valence-corrected chi connectivity index (χ0v) is 19.6. The Labute approximate surface area is 204 Å². The number of aromatic nitrogens is 7. The lowest BCUT2D eigenvalue weighted by Gasteiger charge is -2.37. The van der Waals surface area contributed by atoms with Gasteiger partial charge in [0.15, 0.2) is 5.82 Å². The van der Waals surface area contributed by atoms with Crippen LogP contribution in [0.2, 0.25) is 0 Å². The Kier molecular flexibility index (Phi) is 4.99. The van der Waals surface area contributed by atoms with Gasteiger partial charge in [0.1, 0.15) is 23.4 Å². The zero-order valence-electron chi connectivity index (χ0n) is 19.6. The molecule has 1 aromatic carbocycles. The number of H-pyrrole nitrogens is 1. The summed E-state index contributed by atoms with van der Waals surface area (Å²) < 4.78 is 29.0. The molecule has 9 nitrogen and oxygen atoms in total. The fraction of sp³-hybridized carbons (Fsp3) is 0.360. The Morgan fingerprint density at radius 2 is 1.89 bits per heavy atom. The van der Waals surface area contributed by atoms with Gasteiger partial charge in [0.25, 0.3) is 0 Å². The molecule has 2 aliphatic rings. The lowest BCUT2D eigenvalue weighted by molar-refractivity contribution is 0.0889. The van der Waals surface area contributed by atoms with Crippen molar-refractivity contribution >= 4 is 0 Å². The van der Waals surface area contributed by atoms with Gasteiger partial charge in [0, 0.05) is 6.20 Å². The highest BCUT2D eigenvalue weighted by Crippen LogP contribution is 2.69. The second-order valence-electron chi connectivity index (χ2n) is 9.88. The van der Waals surface area contributed by atoms with E-state index in [-0.39, 0.29) is 34.2 Å². The third-order valence-electron chi connectivity index (χ3n) is 7.89. The summed E-state index contributed by atoms with van der Waals surface area (Å²) in [6, 6.07) is 5.49. The summed E-state index contributed by atoms with van der Waals surface area (Å²) in [5, 5.41) is 34.5. The molecule has 3 atom stereocenters. The molecular formula is C25H23F2N7O2. The highest BCUT2D eigenvalue weighted by Gasteiger charge is 2.65. The molecule has 184 valence electrons. The second-order valence-corrected chi connectivity index (χ2v) is 9.88. The summed E-state index contributed by atoms with van der Waals surface area (Å²) in [6.07, 6.45) is 3.67. The molecule has 0 unspecified atom stereocenters. The van der Waals surface area contributed by atoms with E-state index in [2.05, 4.69) is 44.2 Å². The van der Waals surface area contributed by atoms with Crippen molar-refractivity contribution in [2.75, 3.05) is 6.61 Å². The maximum atomic E-state index is 14.5. The molecule has 0 radical (unpaired) electrons. The van der Waals surface area contributed by atoms with Gasteiger partial charge in [-0.15, -0.1) is 5.10 Å². The molecule has 3 aromatic heterocycles. The van der Waals surface area contributed by atoms with Crippen LogP contribution in [0, 0.1) is 17.0 Å². The van der Waals surface area contributed by atoms with Crippen molar-refractivity contribution in [1.29, 1.82) is 0 Å². The molecule has 1 fully saturated rings. The highest BCUT2D eigenvalue weighted by molar-refractivity contribution is 5.64. The normalized spacial score (nSPS) is 22.6. The molecule has 11 heteroatoms. The Bertz CT molecular complexity index is 1470. The number of hydrogen-bond donors (Lipinski definition) is 3. The molecule has 3 heterocycles. The molecule has 4 aromatic rings. The van der Waals surface area contributed by atoms with Crippen molar-refractivity contribution in [1.82, 2.24) is 35.3 Å². The third-order valence-corrected chi connectivity index (χ3v) is 7.89. The quantitative estimate of drug-likeness (QED) is 0.388. The fourth-order valence-electron chi connectivity index (χ4n) is 6.06. The van der Waals surface area contributed by atoms with Crippen LogP contribution in [0.3, 0.4) is 0 Å². The van der Waals surface area contributed by atoms with Gasteiger partial charge in [-0.05, 0) is 47.9 Å². The van der Waals surface area contributed by atoms with E-state index in [1.807, 2.05) is 0 Å². The zero-order chi connectivity index (χ0) is 25.2. The van der Waals surface area contributed by atoms with Crippen LogP contribution < -0.4 is 0 Å². The van der Waals surface area contributed by atoms with Gasteiger partial charge in [0.05, 0.1) is 40.9 Å². The maximum absolute atomic E-state index is 14.5. The van der Waals surface area contributed by atoms with Gasteiger partial charge in [0.2, 0.25) is 5.82 Å². The number of halogens is 2. The van der Waals surface area contributed by atoms with Crippen LogP contribution in [-0.4, -0.2) is 52.2 Å². The first kappa shape index (κ1) is 22.7. The topological polar surface area (TPSA) is 134 Å². The van der Waals surface area contributed by atoms with Crippen molar-refractivity contribution < 1.29 is 19.0 Å². The average molecular weight is 492 g/mol. The predicted molar refractivity (Wildman–Crippen MR) is 123 cm³/mol. The number of nitrogens with zero attached hydrogens (tertiary/aromatic N) is 6. The predicted octanol–water partition coefficient (Wildman–Crippen LogP) is 3.23. The fourth-order valence-corrected chi connectivity index (χ4v) is 6.06. The average Bonchev–Trinajstić information content (AvgIpc) is 3.52. The van der Waals surface area contributed by atoms with Gasteiger partial charge in [-0.3, -0.25) is 10.1 Å². The van der Waals surface area contributed by atoms with E-state index < -0.39 is 29.8 Å². The maximum Gasteiger partial charge on any atom is 0.201 e. The Balaban J connectivity index is 1.47. The van der Waals surface area contributed by atoms with Gasteiger partial charge in [-0.25, -0.2) is 18.7 Å². The summed E-state index contributed by atoms with van der Waals surface area (Å²) in [7, 11) is 0. The van der Waals surface area contributed by atoms with Crippen molar-refractivity contribution in [3.05, 3.63) is 71.1 Å². The van der Waals surface area contributed by atoms with Crippen molar-refractivity contribution in [2.45, 2.75) is 44.1 Å².